The fourth-order valence-electron chi connectivity index (χ4n) is 2.23. The van der Waals surface area contributed by atoms with E-state index in [0.717, 1.165) is 5.69 Å². The molecule has 0 radical (unpaired) electrons. The number of esters is 1. The number of para-hydroxylation sites is 2. The highest BCUT2D eigenvalue weighted by Crippen LogP contribution is 2.31. The lowest BCUT2D eigenvalue weighted by Gasteiger charge is -2.18. The minimum absolute atomic E-state index is 0.127. The lowest BCUT2D eigenvalue weighted by Crippen LogP contribution is -2.23. The van der Waals surface area contributed by atoms with E-state index in [1.165, 1.54) is 7.11 Å². The second-order valence-electron chi connectivity index (χ2n) is 5.29. The quantitative estimate of drug-likeness (QED) is 0.542. The highest BCUT2D eigenvalue weighted by Gasteiger charge is 2.12. The molecule has 0 saturated heterocycles. The van der Waals surface area contributed by atoms with Gasteiger partial charge >= 0.3 is 5.97 Å². The number of carbonyl (C=O) groups excluding carboxylic acids is 1. The number of ether oxygens (including phenoxy) is 2. The Balaban J connectivity index is 2.32. The first-order valence-corrected chi connectivity index (χ1v) is 7.74. The molecule has 7 heteroatoms. The van der Waals surface area contributed by atoms with E-state index in [-0.39, 0.29) is 13.2 Å². The number of carbonyl (C=O) groups is 1. The summed E-state index contributed by atoms with van der Waals surface area (Å²) in [6.45, 7) is -0.235. The minimum atomic E-state index is -0.916. The molecule has 1 unspecified atom stereocenters. The minimum Gasteiger partial charge on any atom is -0.495 e. The molecule has 0 fully saturated rings. The van der Waals surface area contributed by atoms with Crippen molar-refractivity contribution in [1.29, 1.82) is 0 Å². The van der Waals surface area contributed by atoms with Crippen molar-refractivity contribution in [2.45, 2.75) is 6.10 Å². The molecule has 25 heavy (non-hydrogen) atoms. The topological polar surface area (TPSA) is 100 Å². The lowest BCUT2D eigenvalue weighted by molar-refractivity contribution is 0.0601. The predicted octanol–water partition coefficient (Wildman–Crippen LogP) is 1.99. The Morgan fingerprint density at radius 3 is 2.56 bits per heavy atom. The van der Waals surface area contributed by atoms with Crippen LogP contribution in [-0.4, -0.2) is 49.7 Å². The van der Waals surface area contributed by atoms with Crippen LogP contribution in [0.3, 0.4) is 0 Å². The summed E-state index contributed by atoms with van der Waals surface area (Å²) in [6, 6.07) is 12.4. The van der Waals surface area contributed by atoms with Gasteiger partial charge in [0.25, 0.3) is 0 Å². The summed E-state index contributed by atoms with van der Waals surface area (Å²) in [5.74, 6) is 0.204. The molecule has 0 aromatic heterocycles. The van der Waals surface area contributed by atoms with Gasteiger partial charge in [-0.05, 0) is 30.3 Å². The van der Waals surface area contributed by atoms with Crippen LogP contribution in [0.2, 0.25) is 0 Å². The molecule has 7 nitrogen and oxygen atoms in total. The maximum atomic E-state index is 11.8. The van der Waals surface area contributed by atoms with Crippen LogP contribution in [0, 0.1) is 0 Å². The number of methoxy groups -OCH3 is 2. The molecule has 0 aliphatic rings. The Labute approximate surface area is 146 Å². The Morgan fingerprint density at radius 1 is 1.12 bits per heavy atom. The summed E-state index contributed by atoms with van der Waals surface area (Å²) in [7, 11) is 2.89. The van der Waals surface area contributed by atoms with Crippen LogP contribution in [0.1, 0.15) is 10.4 Å². The Bertz CT molecular complexity index is 720. The molecule has 2 rings (SSSR count). The molecule has 0 saturated carbocycles. The fraction of sp³-hybridized carbons (Fsp3) is 0.278. The number of anilines is 3. The maximum absolute atomic E-state index is 11.8. The molecule has 0 spiro atoms. The first-order valence-electron chi connectivity index (χ1n) is 7.74. The summed E-state index contributed by atoms with van der Waals surface area (Å²) in [4.78, 5) is 11.8. The van der Waals surface area contributed by atoms with Crippen molar-refractivity contribution >= 4 is 23.0 Å². The summed E-state index contributed by atoms with van der Waals surface area (Å²) >= 11 is 0. The van der Waals surface area contributed by atoms with Gasteiger partial charge < -0.3 is 30.3 Å². The van der Waals surface area contributed by atoms with Gasteiger partial charge in [0.1, 0.15) is 5.75 Å². The van der Waals surface area contributed by atoms with E-state index in [2.05, 4.69) is 10.6 Å². The standard InChI is InChI=1S/C18H22N2O5/c1-24-17-6-4-3-5-15(17)20-14-8-7-12(18(23)25-2)9-16(14)19-10-13(22)11-21/h3-9,13,19-22H,10-11H2,1-2H3. The van der Waals surface area contributed by atoms with Crippen molar-refractivity contribution in [2.24, 2.45) is 0 Å². The van der Waals surface area contributed by atoms with Crippen molar-refractivity contribution in [2.75, 3.05) is 38.0 Å². The molecule has 4 N–H and O–H groups in total. The second-order valence-corrected chi connectivity index (χ2v) is 5.29. The summed E-state index contributed by atoms with van der Waals surface area (Å²) in [5.41, 5.74) is 2.39. The lowest BCUT2D eigenvalue weighted by atomic mass is 10.1. The third-order valence-corrected chi connectivity index (χ3v) is 3.56. The average molecular weight is 346 g/mol. The van der Waals surface area contributed by atoms with Gasteiger partial charge in [-0.2, -0.15) is 0 Å². The predicted molar refractivity (Wildman–Crippen MR) is 95.6 cm³/mol. The average Bonchev–Trinajstić information content (AvgIpc) is 2.66. The van der Waals surface area contributed by atoms with E-state index in [4.69, 9.17) is 14.6 Å². The van der Waals surface area contributed by atoms with Crippen molar-refractivity contribution in [1.82, 2.24) is 0 Å². The van der Waals surface area contributed by atoms with Crippen LogP contribution in [-0.2, 0) is 4.74 Å². The number of aliphatic hydroxyl groups is 2. The smallest absolute Gasteiger partial charge is 0.337 e. The highest BCUT2D eigenvalue weighted by atomic mass is 16.5. The maximum Gasteiger partial charge on any atom is 0.337 e. The second kappa shape index (κ2) is 8.91. The first-order chi connectivity index (χ1) is 12.1. The summed E-state index contributed by atoms with van der Waals surface area (Å²) in [5, 5.41) is 24.8. The van der Waals surface area contributed by atoms with Gasteiger partial charge in [-0.1, -0.05) is 12.1 Å². The number of aliphatic hydroxyl groups excluding tert-OH is 2. The van der Waals surface area contributed by atoms with Gasteiger partial charge in [0, 0.05) is 6.54 Å². The summed E-state index contributed by atoms with van der Waals surface area (Å²) in [6.07, 6.45) is -0.916. The van der Waals surface area contributed by atoms with E-state index < -0.39 is 12.1 Å². The number of nitrogens with one attached hydrogen (secondary N) is 2. The number of hydrogen-bond donors (Lipinski definition) is 4. The van der Waals surface area contributed by atoms with Crippen molar-refractivity contribution in [3.05, 3.63) is 48.0 Å². The van der Waals surface area contributed by atoms with Crippen LogP contribution in [0.5, 0.6) is 5.75 Å². The first kappa shape index (κ1) is 18.6. The van der Waals surface area contributed by atoms with E-state index in [1.54, 1.807) is 25.3 Å². The normalized spacial score (nSPS) is 11.5. The molecule has 2 aromatic carbocycles. The van der Waals surface area contributed by atoms with Gasteiger partial charge in [0.2, 0.25) is 0 Å². The van der Waals surface area contributed by atoms with Gasteiger partial charge in [0.05, 0.1) is 49.6 Å². The molecule has 0 aliphatic heterocycles. The Morgan fingerprint density at radius 2 is 1.88 bits per heavy atom. The molecule has 134 valence electrons. The van der Waals surface area contributed by atoms with E-state index in [0.29, 0.717) is 22.7 Å². The molecule has 2 aromatic rings. The highest BCUT2D eigenvalue weighted by molar-refractivity contribution is 5.92. The van der Waals surface area contributed by atoms with Gasteiger partial charge in [-0.25, -0.2) is 4.79 Å². The van der Waals surface area contributed by atoms with Crippen LogP contribution in [0.15, 0.2) is 42.5 Å². The summed E-state index contributed by atoms with van der Waals surface area (Å²) < 4.78 is 10.1. The SMILES string of the molecule is COC(=O)c1ccc(Nc2ccccc2OC)c(NCC(O)CO)c1. The van der Waals surface area contributed by atoms with Crippen molar-refractivity contribution in [3.8, 4) is 5.75 Å². The molecule has 0 bridgehead atoms. The zero-order chi connectivity index (χ0) is 18.2. The van der Waals surface area contributed by atoms with Crippen LogP contribution >= 0.6 is 0 Å². The van der Waals surface area contributed by atoms with Crippen molar-refractivity contribution in [3.63, 3.8) is 0 Å². The third-order valence-electron chi connectivity index (χ3n) is 3.56. The number of rotatable bonds is 8. The van der Waals surface area contributed by atoms with E-state index in [9.17, 15) is 9.90 Å². The van der Waals surface area contributed by atoms with Crippen molar-refractivity contribution < 1.29 is 24.5 Å². The van der Waals surface area contributed by atoms with Gasteiger partial charge in [-0.15, -0.1) is 0 Å². The van der Waals surface area contributed by atoms with Crippen LogP contribution < -0.4 is 15.4 Å². The third kappa shape index (κ3) is 4.85. The monoisotopic (exact) mass is 346 g/mol. The van der Waals surface area contributed by atoms with Crippen LogP contribution in [0.25, 0.3) is 0 Å². The fourth-order valence-corrected chi connectivity index (χ4v) is 2.23. The van der Waals surface area contributed by atoms with Gasteiger partial charge in [-0.3, -0.25) is 0 Å². The van der Waals surface area contributed by atoms with Crippen LogP contribution in [0.4, 0.5) is 17.1 Å². The molecular formula is C18H22N2O5. The van der Waals surface area contributed by atoms with E-state index >= 15 is 0 Å². The molecule has 0 heterocycles. The molecule has 1 atom stereocenters. The largest absolute Gasteiger partial charge is 0.495 e. The zero-order valence-electron chi connectivity index (χ0n) is 14.2. The van der Waals surface area contributed by atoms with Gasteiger partial charge in [0.15, 0.2) is 0 Å². The molecule has 0 aliphatic carbocycles. The number of hydrogen-bond acceptors (Lipinski definition) is 7. The Hall–Kier alpha value is -2.77. The number of benzene rings is 2. The zero-order valence-corrected chi connectivity index (χ0v) is 14.2. The molecule has 0 amide bonds. The molecular weight excluding hydrogens is 324 g/mol. The Kier molecular flexibility index (Phi) is 6.62. The van der Waals surface area contributed by atoms with E-state index in [1.807, 2.05) is 24.3 Å².